The minimum absolute atomic E-state index is 0.270. The van der Waals surface area contributed by atoms with Crippen LogP contribution >= 0.6 is 0 Å². The number of likely N-dealkylation sites (tertiary alicyclic amines) is 1. The molecule has 2 heterocycles. The number of carbonyl (C=O) groups excluding carboxylic acids is 1. The van der Waals surface area contributed by atoms with Crippen LogP contribution in [0.25, 0.3) is 0 Å². The van der Waals surface area contributed by atoms with Gasteiger partial charge in [0.15, 0.2) is 0 Å². The van der Waals surface area contributed by atoms with Gasteiger partial charge in [-0.3, -0.25) is 4.79 Å². The van der Waals surface area contributed by atoms with Gasteiger partial charge in [-0.25, -0.2) is 4.98 Å². The van der Waals surface area contributed by atoms with Crippen molar-refractivity contribution in [1.29, 1.82) is 0 Å². The standard InChI is InChI=1S/C18H32N4O/c1-20-16-11-19-17(20)9-8-12-21(2)18(23)10-15-22-13-6-4-3-5-7-14-22/h11,16H,3-10,12-15H2,1-2H3. The van der Waals surface area contributed by atoms with Crippen LogP contribution < -0.4 is 0 Å². The maximum absolute atomic E-state index is 12.3. The van der Waals surface area contributed by atoms with Gasteiger partial charge in [0, 0.05) is 52.4 Å². The molecule has 5 heteroatoms. The van der Waals surface area contributed by atoms with Crippen LogP contribution in [0.4, 0.5) is 0 Å². The average Bonchev–Trinajstić information content (AvgIpc) is 2.91. The van der Waals surface area contributed by atoms with E-state index >= 15 is 0 Å². The fourth-order valence-corrected chi connectivity index (χ4v) is 3.22. The average molecular weight is 320 g/mol. The molecule has 1 aromatic rings. The first kappa shape index (κ1) is 18.0. The summed E-state index contributed by atoms with van der Waals surface area (Å²) >= 11 is 0. The summed E-state index contributed by atoms with van der Waals surface area (Å²) in [6.07, 6.45) is 13.0. The molecule has 0 radical (unpaired) electrons. The van der Waals surface area contributed by atoms with Crippen molar-refractivity contribution < 1.29 is 4.79 Å². The first-order chi connectivity index (χ1) is 11.2. The van der Waals surface area contributed by atoms with E-state index in [0.717, 1.165) is 44.8 Å². The van der Waals surface area contributed by atoms with Gasteiger partial charge < -0.3 is 14.4 Å². The fourth-order valence-electron chi connectivity index (χ4n) is 3.22. The van der Waals surface area contributed by atoms with Gasteiger partial charge in [-0.05, 0) is 32.4 Å². The smallest absolute Gasteiger partial charge is 0.223 e. The van der Waals surface area contributed by atoms with Crippen LogP contribution in [0, 0.1) is 0 Å². The summed E-state index contributed by atoms with van der Waals surface area (Å²) < 4.78 is 2.05. The van der Waals surface area contributed by atoms with E-state index in [2.05, 4.69) is 9.88 Å². The van der Waals surface area contributed by atoms with E-state index in [-0.39, 0.29) is 5.91 Å². The van der Waals surface area contributed by atoms with Crippen molar-refractivity contribution in [2.45, 2.75) is 51.4 Å². The zero-order valence-electron chi connectivity index (χ0n) is 14.8. The molecule has 0 bridgehead atoms. The summed E-state index contributed by atoms with van der Waals surface area (Å²) in [5.41, 5.74) is 0. The summed E-state index contributed by atoms with van der Waals surface area (Å²) in [5, 5.41) is 0. The lowest BCUT2D eigenvalue weighted by molar-refractivity contribution is -0.130. The predicted octanol–water partition coefficient (Wildman–Crippen LogP) is 2.47. The number of rotatable bonds is 7. The second-order valence-corrected chi connectivity index (χ2v) is 6.73. The first-order valence-corrected chi connectivity index (χ1v) is 9.09. The van der Waals surface area contributed by atoms with E-state index in [1.807, 2.05) is 36.0 Å². The van der Waals surface area contributed by atoms with Crippen LogP contribution in [-0.4, -0.2) is 58.5 Å². The highest BCUT2D eigenvalue weighted by Gasteiger charge is 2.13. The maximum Gasteiger partial charge on any atom is 0.223 e. The summed E-state index contributed by atoms with van der Waals surface area (Å²) in [6, 6.07) is 0. The van der Waals surface area contributed by atoms with Gasteiger partial charge in [-0.1, -0.05) is 19.3 Å². The Bertz CT molecular complexity index is 463. The molecule has 1 aromatic heterocycles. The van der Waals surface area contributed by atoms with E-state index in [4.69, 9.17) is 0 Å². The Morgan fingerprint density at radius 1 is 1.22 bits per heavy atom. The number of amides is 1. The molecule has 1 saturated heterocycles. The van der Waals surface area contributed by atoms with Crippen LogP contribution in [0.2, 0.25) is 0 Å². The lowest BCUT2D eigenvalue weighted by atomic mass is 10.1. The molecule has 1 aliphatic heterocycles. The van der Waals surface area contributed by atoms with Crippen molar-refractivity contribution in [3.63, 3.8) is 0 Å². The molecule has 0 aromatic carbocycles. The molecule has 5 nitrogen and oxygen atoms in total. The molecular weight excluding hydrogens is 288 g/mol. The SMILES string of the molecule is CN(CCCc1nccn1C)C(=O)CCN1CCCCCCC1. The molecule has 1 aliphatic rings. The molecule has 1 amide bonds. The van der Waals surface area contributed by atoms with Crippen LogP contribution in [0.15, 0.2) is 12.4 Å². The van der Waals surface area contributed by atoms with Crippen molar-refractivity contribution >= 4 is 5.91 Å². The quantitative estimate of drug-likeness (QED) is 0.775. The number of hydrogen-bond acceptors (Lipinski definition) is 3. The third-order valence-electron chi connectivity index (χ3n) is 4.83. The number of imidazole rings is 1. The minimum Gasteiger partial charge on any atom is -0.346 e. The molecule has 23 heavy (non-hydrogen) atoms. The van der Waals surface area contributed by atoms with Crippen LogP contribution in [0.1, 0.15) is 50.8 Å². The zero-order chi connectivity index (χ0) is 16.5. The van der Waals surface area contributed by atoms with E-state index in [9.17, 15) is 4.79 Å². The van der Waals surface area contributed by atoms with Crippen LogP contribution in [0.3, 0.4) is 0 Å². The van der Waals surface area contributed by atoms with Crippen molar-refractivity contribution in [3.05, 3.63) is 18.2 Å². The summed E-state index contributed by atoms with van der Waals surface area (Å²) in [4.78, 5) is 21.0. The molecule has 0 unspecified atom stereocenters. The third kappa shape index (κ3) is 6.34. The Hall–Kier alpha value is -1.36. The van der Waals surface area contributed by atoms with Crippen LogP contribution in [0.5, 0.6) is 0 Å². The number of aryl methyl sites for hydroxylation is 2. The van der Waals surface area contributed by atoms with E-state index in [1.165, 1.54) is 32.1 Å². The molecule has 0 N–H and O–H groups in total. The number of hydrogen-bond donors (Lipinski definition) is 0. The summed E-state index contributed by atoms with van der Waals surface area (Å²) in [6.45, 7) is 4.06. The monoisotopic (exact) mass is 320 g/mol. The molecule has 0 saturated carbocycles. The van der Waals surface area contributed by atoms with Crippen molar-refractivity contribution in [1.82, 2.24) is 19.4 Å². The molecule has 0 aliphatic carbocycles. The van der Waals surface area contributed by atoms with Gasteiger partial charge in [-0.2, -0.15) is 0 Å². The van der Waals surface area contributed by atoms with Gasteiger partial charge in [0.1, 0.15) is 5.82 Å². The van der Waals surface area contributed by atoms with Crippen molar-refractivity contribution in [2.24, 2.45) is 7.05 Å². The summed E-state index contributed by atoms with van der Waals surface area (Å²) in [5.74, 6) is 1.36. The van der Waals surface area contributed by atoms with Gasteiger partial charge in [0.2, 0.25) is 5.91 Å². The van der Waals surface area contributed by atoms with E-state index in [1.54, 1.807) is 0 Å². The Balaban J connectivity index is 1.63. The fraction of sp³-hybridized carbons (Fsp3) is 0.778. The van der Waals surface area contributed by atoms with Gasteiger partial charge in [-0.15, -0.1) is 0 Å². The Kier molecular flexibility index (Phi) is 7.59. The third-order valence-corrected chi connectivity index (χ3v) is 4.83. The second-order valence-electron chi connectivity index (χ2n) is 6.73. The van der Waals surface area contributed by atoms with Gasteiger partial charge in [0.05, 0.1) is 0 Å². The van der Waals surface area contributed by atoms with Gasteiger partial charge >= 0.3 is 0 Å². The Morgan fingerprint density at radius 3 is 2.57 bits per heavy atom. The van der Waals surface area contributed by atoms with E-state index in [0.29, 0.717) is 6.42 Å². The maximum atomic E-state index is 12.3. The topological polar surface area (TPSA) is 41.4 Å². The molecule has 130 valence electrons. The number of nitrogens with zero attached hydrogens (tertiary/aromatic N) is 4. The van der Waals surface area contributed by atoms with E-state index < -0.39 is 0 Å². The molecular formula is C18H32N4O. The second kappa shape index (κ2) is 9.71. The lowest BCUT2D eigenvalue weighted by Gasteiger charge is -2.25. The normalized spacial score (nSPS) is 16.8. The van der Waals surface area contributed by atoms with Gasteiger partial charge in [0.25, 0.3) is 0 Å². The largest absolute Gasteiger partial charge is 0.346 e. The highest BCUT2D eigenvalue weighted by molar-refractivity contribution is 5.76. The number of carbonyl (C=O) groups is 1. The Labute approximate surface area is 140 Å². The number of aromatic nitrogens is 2. The summed E-state index contributed by atoms with van der Waals surface area (Å²) in [7, 11) is 3.94. The van der Waals surface area contributed by atoms with Crippen LogP contribution in [-0.2, 0) is 18.3 Å². The molecule has 0 spiro atoms. The predicted molar refractivity (Wildman–Crippen MR) is 93.3 cm³/mol. The molecule has 2 rings (SSSR count). The zero-order valence-corrected chi connectivity index (χ0v) is 14.8. The Morgan fingerprint density at radius 2 is 1.91 bits per heavy atom. The highest BCUT2D eigenvalue weighted by Crippen LogP contribution is 2.11. The minimum atomic E-state index is 0.270. The van der Waals surface area contributed by atoms with Crippen molar-refractivity contribution in [2.75, 3.05) is 33.2 Å². The first-order valence-electron chi connectivity index (χ1n) is 9.09. The molecule has 1 fully saturated rings. The lowest BCUT2D eigenvalue weighted by Crippen LogP contribution is -2.34. The molecule has 0 atom stereocenters. The van der Waals surface area contributed by atoms with Crippen molar-refractivity contribution in [3.8, 4) is 0 Å². The highest BCUT2D eigenvalue weighted by atomic mass is 16.2.